The highest BCUT2D eigenvalue weighted by molar-refractivity contribution is 6.05. The summed E-state index contributed by atoms with van der Waals surface area (Å²) in [5.41, 5.74) is 2.30. The van der Waals surface area contributed by atoms with Crippen molar-refractivity contribution in [3.63, 3.8) is 0 Å². The van der Waals surface area contributed by atoms with Crippen LogP contribution in [-0.2, 0) is 13.0 Å². The maximum atomic E-state index is 12.6. The lowest BCUT2D eigenvalue weighted by atomic mass is 10.0. The van der Waals surface area contributed by atoms with Gasteiger partial charge < -0.3 is 15.4 Å². The summed E-state index contributed by atoms with van der Waals surface area (Å²) in [4.78, 5) is 25.2. The Morgan fingerprint density at radius 1 is 1.20 bits per heavy atom. The van der Waals surface area contributed by atoms with Gasteiger partial charge in [-0.05, 0) is 36.6 Å². The summed E-state index contributed by atoms with van der Waals surface area (Å²) >= 11 is 0. The minimum Gasteiger partial charge on any atom is -0.494 e. The van der Waals surface area contributed by atoms with Gasteiger partial charge in [0.2, 0.25) is 0 Å². The van der Waals surface area contributed by atoms with Crippen molar-refractivity contribution in [2.24, 2.45) is 0 Å². The van der Waals surface area contributed by atoms with Gasteiger partial charge >= 0.3 is 0 Å². The Morgan fingerprint density at radius 3 is 2.70 bits per heavy atom. The zero-order valence-corrected chi connectivity index (χ0v) is 16.7. The van der Waals surface area contributed by atoms with Gasteiger partial charge in [0, 0.05) is 6.54 Å². The van der Waals surface area contributed by atoms with E-state index in [1.165, 1.54) is 4.68 Å². The molecular formula is C22H23N5O3. The number of hydrogen-bond donors (Lipinski definition) is 2. The second-order valence-electron chi connectivity index (χ2n) is 6.99. The second kappa shape index (κ2) is 8.77. The predicted octanol–water partition coefficient (Wildman–Crippen LogP) is 2.13. The molecule has 0 aliphatic carbocycles. The Kier molecular flexibility index (Phi) is 5.74. The van der Waals surface area contributed by atoms with E-state index in [9.17, 15) is 9.59 Å². The van der Waals surface area contributed by atoms with Crippen molar-refractivity contribution in [3.05, 3.63) is 77.1 Å². The van der Waals surface area contributed by atoms with Crippen molar-refractivity contribution >= 4 is 11.8 Å². The zero-order chi connectivity index (χ0) is 20.9. The average molecular weight is 405 g/mol. The lowest BCUT2D eigenvalue weighted by Crippen LogP contribution is -2.40. The number of amides is 2. The highest BCUT2D eigenvalue weighted by Gasteiger charge is 2.32. The summed E-state index contributed by atoms with van der Waals surface area (Å²) in [5.74, 6) is 0.0630. The van der Waals surface area contributed by atoms with Crippen molar-refractivity contribution in [2.45, 2.75) is 25.9 Å². The van der Waals surface area contributed by atoms with Crippen LogP contribution in [0.15, 0.2) is 54.6 Å². The van der Waals surface area contributed by atoms with Crippen LogP contribution in [0.3, 0.4) is 0 Å². The highest BCUT2D eigenvalue weighted by Crippen LogP contribution is 2.21. The molecule has 30 heavy (non-hydrogen) atoms. The molecule has 1 aromatic heterocycles. The van der Waals surface area contributed by atoms with E-state index in [1.54, 1.807) is 0 Å². The van der Waals surface area contributed by atoms with E-state index in [1.807, 2.05) is 61.5 Å². The van der Waals surface area contributed by atoms with Crippen LogP contribution < -0.4 is 15.4 Å². The summed E-state index contributed by atoms with van der Waals surface area (Å²) in [6.07, 6.45) is 0.657. The fraction of sp³-hybridized carbons (Fsp3) is 0.273. The van der Waals surface area contributed by atoms with Crippen molar-refractivity contribution < 1.29 is 14.3 Å². The number of benzene rings is 2. The Hall–Kier alpha value is -3.68. The zero-order valence-electron chi connectivity index (χ0n) is 16.7. The van der Waals surface area contributed by atoms with Crippen LogP contribution in [0.25, 0.3) is 0 Å². The maximum Gasteiger partial charge on any atom is 0.274 e. The monoisotopic (exact) mass is 405 g/mol. The van der Waals surface area contributed by atoms with E-state index < -0.39 is 5.91 Å². The van der Waals surface area contributed by atoms with Gasteiger partial charge in [-0.3, -0.25) is 9.59 Å². The van der Waals surface area contributed by atoms with Crippen molar-refractivity contribution in [1.82, 2.24) is 25.6 Å². The lowest BCUT2D eigenvalue weighted by Gasteiger charge is -2.24. The van der Waals surface area contributed by atoms with Crippen molar-refractivity contribution in [1.29, 1.82) is 0 Å². The summed E-state index contributed by atoms with van der Waals surface area (Å²) in [6, 6.07) is 17.2. The van der Waals surface area contributed by atoms with Crippen LogP contribution in [0, 0.1) is 0 Å². The third-order valence-corrected chi connectivity index (χ3v) is 4.96. The minimum absolute atomic E-state index is 0.0469. The molecule has 3 aromatic rings. The lowest BCUT2D eigenvalue weighted by molar-refractivity contribution is 0.0876. The molecule has 4 rings (SSSR count). The summed E-state index contributed by atoms with van der Waals surface area (Å²) in [7, 11) is 0. The molecular weight excluding hydrogens is 382 g/mol. The number of rotatable bonds is 7. The Morgan fingerprint density at radius 2 is 1.97 bits per heavy atom. The van der Waals surface area contributed by atoms with E-state index in [-0.39, 0.29) is 23.3 Å². The van der Waals surface area contributed by atoms with Gasteiger partial charge in [-0.15, -0.1) is 5.10 Å². The van der Waals surface area contributed by atoms with Crippen LogP contribution in [0.4, 0.5) is 0 Å². The van der Waals surface area contributed by atoms with Gasteiger partial charge in [-0.25, -0.2) is 4.68 Å². The van der Waals surface area contributed by atoms with E-state index in [0.717, 1.165) is 16.9 Å². The summed E-state index contributed by atoms with van der Waals surface area (Å²) in [5, 5.41) is 13.7. The predicted molar refractivity (Wildman–Crippen MR) is 110 cm³/mol. The Bertz CT molecular complexity index is 1030. The summed E-state index contributed by atoms with van der Waals surface area (Å²) < 4.78 is 6.92. The molecule has 2 amide bonds. The summed E-state index contributed by atoms with van der Waals surface area (Å²) in [6.45, 7) is 3.41. The molecule has 8 nitrogen and oxygen atoms in total. The van der Waals surface area contributed by atoms with Crippen molar-refractivity contribution in [2.75, 3.05) is 13.2 Å². The SMILES string of the molecule is CCOc1ccc(CCNC(=O)c2nnn3c2C(=O)N[C@@H](c2ccccc2)C3)cc1. The first-order valence-corrected chi connectivity index (χ1v) is 9.95. The van der Waals surface area contributed by atoms with E-state index >= 15 is 0 Å². The number of ether oxygens (including phenoxy) is 1. The van der Waals surface area contributed by atoms with Crippen LogP contribution in [0.2, 0.25) is 0 Å². The quantitative estimate of drug-likeness (QED) is 0.628. The number of hydrogen-bond acceptors (Lipinski definition) is 5. The van der Waals surface area contributed by atoms with Gasteiger partial charge in [0.25, 0.3) is 11.8 Å². The number of nitrogens with zero attached hydrogens (tertiary/aromatic N) is 3. The molecule has 154 valence electrons. The van der Waals surface area contributed by atoms with Crippen LogP contribution >= 0.6 is 0 Å². The smallest absolute Gasteiger partial charge is 0.274 e. The van der Waals surface area contributed by atoms with E-state index in [4.69, 9.17) is 4.74 Å². The topological polar surface area (TPSA) is 98.1 Å². The maximum absolute atomic E-state index is 12.6. The number of carbonyl (C=O) groups is 2. The number of fused-ring (bicyclic) bond motifs is 1. The molecule has 0 unspecified atom stereocenters. The van der Waals surface area contributed by atoms with Crippen LogP contribution in [0.1, 0.15) is 45.1 Å². The number of aromatic nitrogens is 3. The van der Waals surface area contributed by atoms with Gasteiger partial charge in [0.15, 0.2) is 11.4 Å². The van der Waals surface area contributed by atoms with Crippen molar-refractivity contribution in [3.8, 4) is 5.75 Å². The molecule has 0 spiro atoms. The first-order chi connectivity index (χ1) is 14.7. The molecule has 1 atom stereocenters. The van der Waals surface area contributed by atoms with Gasteiger partial charge in [0.05, 0.1) is 19.2 Å². The van der Waals surface area contributed by atoms with Crippen LogP contribution in [-0.4, -0.2) is 40.0 Å². The highest BCUT2D eigenvalue weighted by atomic mass is 16.5. The fourth-order valence-electron chi connectivity index (χ4n) is 3.46. The van der Waals surface area contributed by atoms with Gasteiger partial charge in [0.1, 0.15) is 5.75 Å². The molecule has 1 aliphatic heterocycles. The molecule has 0 fully saturated rings. The molecule has 0 saturated carbocycles. The molecule has 0 radical (unpaired) electrons. The Balaban J connectivity index is 1.38. The molecule has 2 N–H and O–H groups in total. The minimum atomic E-state index is -0.407. The third-order valence-electron chi connectivity index (χ3n) is 4.96. The van der Waals surface area contributed by atoms with E-state index in [0.29, 0.717) is 26.1 Å². The molecule has 1 aliphatic rings. The first-order valence-electron chi connectivity index (χ1n) is 9.95. The Labute approximate surface area is 174 Å². The second-order valence-corrected chi connectivity index (χ2v) is 6.99. The first kappa shape index (κ1) is 19.6. The molecule has 8 heteroatoms. The third kappa shape index (κ3) is 4.17. The van der Waals surface area contributed by atoms with Gasteiger partial charge in [-0.1, -0.05) is 47.7 Å². The van der Waals surface area contributed by atoms with Crippen LogP contribution in [0.5, 0.6) is 5.75 Å². The van der Waals surface area contributed by atoms with Gasteiger partial charge in [-0.2, -0.15) is 0 Å². The molecule has 0 bridgehead atoms. The number of carbonyl (C=O) groups excluding carboxylic acids is 2. The largest absolute Gasteiger partial charge is 0.494 e. The van der Waals surface area contributed by atoms with E-state index in [2.05, 4.69) is 20.9 Å². The normalized spacial score (nSPS) is 15.2. The average Bonchev–Trinajstić information content (AvgIpc) is 3.21. The fourth-order valence-corrected chi connectivity index (χ4v) is 3.46. The molecule has 2 heterocycles. The number of nitrogens with one attached hydrogen (secondary N) is 2. The standard InChI is InChI=1S/C22H23N5O3/c1-2-30-17-10-8-15(9-11-17)12-13-23-21(28)19-20-22(29)24-18(14-27(20)26-25-19)16-6-4-3-5-7-16/h3-11,18H,2,12-14H2,1H3,(H,23,28)(H,24,29)/t18-/m1/s1. The molecule has 0 saturated heterocycles. The molecule has 2 aromatic carbocycles.